The molecule has 0 spiro atoms. The van der Waals surface area contributed by atoms with Crippen LogP contribution in [-0.4, -0.2) is 52.3 Å². The van der Waals surface area contributed by atoms with E-state index in [0.29, 0.717) is 18.5 Å². The van der Waals surface area contributed by atoms with Crippen molar-refractivity contribution in [3.05, 3.63) is 0 Å². The molecule has 0 aromatic carbocycles. The summed E-state index contributed by atoms with van der Waals surface area (Å²) in [5, 5.41) is 9.61. The van der Waals surface area contributed by atoms with Crippen LogP contribution in [0.3, 0.4) is 0 Å². The molecule has 2 saturated carbocycles. The minimum atomic E-state index is 0.192. The van der Waals surface area contributed by atoms with Gasteiger partial charge in [0.15, 0.2) is 5.96 Å². The van der Waals surface area contributed by atoms with E-state index in [0.717, 1.165) is 38.4 Å². The van der Waals surface area contributed by atoms with Crippen LogP contribution in [0.2, 0.25) is 0 Å². The van der Waals surface area contributed by atoms with Crippen LogP contribution in [0.1, 0.15) is 38.5 Å². The zero-order valence-corrected chi connectivity index (χ0v) is 13.9. The highest BCUT2D eigenvalue weighted by atomic mass is 16.5. The third-order valence-electron chi connectivity index (χ3n) is 4.77. The summed E-state index contributed by atoms with van der Waals surface area (Å²) in [6.07, 6.45) is 7.03. The van der Waals surface area contributed by atoms with Crippen LogP contribution in [0.15, 0.2) is 4.99 Å². The first kappa shape index (κ1) is 17.1. The number of carbonyl (C=O) groups excluding carboxylic acids is 1. The average Bonchev–Trinajstić information content (AvgIpc) is 3.32. The number of guanidine groups is 1. The van der Waals surface area contributed by atoms with Crippen molar-refractivity contribution < 1.29 is 9.53 Å². The number of methoxy groups -OCH3 is 1. The fourth-order valence-corrected chi connectivity index (χ4v) is 2.86. The maximum absolute atomic E-state index is 11.5. The predicted octanol–water partition coefficient (Wildman–Crippen LogP) is 0.884. The topological polar surface area (TPSA) is 74.8 Å². The molecule has 0 aliphatic heterocycles. The van der Waals surface area contributed by atoms with Gasteiger partial charge in [0.1, 0.15) is 0 Å². The summed E-state index contributed by atoms with van der Waals surface area (Å²) < 4.78 is 5.22. The Bertz CT molecular complexity index is 390. The van der Waals surface area contributed by atoms with Crippen molar-refractivity contribution in [2.75, 3.05) is 40.4 Å². The highest BCUT2D eigenvalue weighted by Gasteiger charge is 2.36. The Hall–Kier alpha value is -1.30. The number of hydrogen-bond donors (Lipinski definition) is 3. The van der Waals surface area contributed by atoms with E-state index in [1.807, 2.05) is 0 Å². The highest BCUT2D eigenvalue weighted by molar-refractivity contribution is 5.81. The van der Waals surface area contributed by atoms with Crippen LogP contribution in [0, 0.1) is 11.3 Å². The van der Waals surface area contributed by atoms with E-state index >= 15 is 0 Å². The number of aliphatic imine (C=N–C) groups is 1. The van der Waals surface area contributed by atoms with E-state index in [-0.39, 0.29) is 11.8 Å². The molecule has 0 radical (unpaired) electrons. The molecule has 0 bridgehead atoms. The second kappa shape index (κ2) is 8.36. The molecule has 6 heteroatoms. The normalized spacial score (nSPS) is 20.2. The average molecular weight is 310 g/mol. The van der Waals surface area contributed by atoms with Gasteiger partial charge in [-0.1, -0.05) is 6.42 Å². The van der Waals surface area contributed by atoms with Gasteiger partial charge in [0.25, 0.3) is 0 Å². The van der Waals surface area contributed by atoms with E-state index < -0.39 is 0 Å². The minimum Gasteiger partial charge on any atom is -0.385 e. The van der Waals surface area contributed by atoms with Gasteiger partial charge < -0.3 is 20.7 Å². The standard InChI is InChI=1S/C16H30N4O2/c1-17-15(19-10-9-18-14(21)13-4-5-13)20-12-16(6-3-7-16)8-11-22-2/h13H,3-12H2,1-2H3,(H,18,21)(H2,17,19,20). The molecular weight excluding hydrogens is 280 g/mol. The van der Waals surface area contributed by atoms with Crippen molar-refractivity contribution in [2.24, 2.45) is 16.3 Å². The fourth-order valence-electron chi connectivity index (χ4n) is 2.86. The lowest BCUT2D eigenvalue weighted by Crippen LogP contribution is -2.48. The van der Waals surface area contributed by atoms with Crippen LogP contribution in [0.25, 0.3) is 0 Å². The zero-order chi connectivity index (χ0) is 15.8. The fraction of sp³-hybridized carbons (Fsp3) is 0.875. The van der Waals surface area contributed by atoms with Crippen molar-refractivity contribution in [3.8, 4) is 0 Å². The lowest BCUT2D eigenvalue weighted by molar-refractivity contribution is -0.122. The third-order valence-corrected chi connectivity index (χ3v) is 4.77. The van der Waals surface area contributed by atoms with Crippen molar-refractivity contribution in [3.63, 3.8) is 0 Å². The molecule has 6 nitrogen and oxygen atoms in total. The Morgan fingerprint density at radius 1 is 1.23 bits per heavy atom. The Morgan fingerprint density at radius 3 is 2.50 bits per heavy atom. The third kappa shape index (κ3) is 5.16. The van der Waals surface area contributed by atoms with Gasteiger partial charge in [0.2, 0.25) is 5.91 Å². The van der Waals surface area contributed by atoms with E-state index in [2.05, 4.69) is 20.9 Å². The van der Waals surface area contributed by atoms with Gasteiger partial charge >= 0.3 is 0 Å². The van der Waals surface area contributed by atoms with Crippen LogP contribution in [0.4, 0.5) is 0 Å². The molecule has 2 aliphatic rings. The Kier molecular flexibility index (Phi) is 6.49. The zero-order valence-electron chi connectivity index (χ0n) is 13.9. The van der Waals surface area contributed by atoms with Crippen LogP contribution >= 0.6 is 0 Å². The molecule has 0 unspecified atom stereocenters. The molecular formula is C16H30N4O2. The second-order valence-corrected chi connectivity index (χ2v) is 6.51. The summed E-state index contributed by atoms with van der Waals surface area (Å²) >= 11 is 0. The van der Waals surface area contributed by atoms with Gasteiger partial charge in [0, 0.05) is 46.3 Å². The molecule has 0 saturated heterocycles. The summed E-state index contributed by atoms with van der Waals surface area (Å²) in [5.41, 5.74) is 0.369. The maximum atomic E-state index is 11.5. The highest BCUT2D eigenvalue weighted by Crippen LogP contribution is 2.43. The van der Waals surface area contributed by atoms with Gasteiger partial charge in [-0.15, -0.1) is 0 Å². The van der Waals surface area contributed by atoms with Gasteiger partial charge in [-0.3, -0.25) is 9.79 Å². The van der Waals surface area contributed by atoms with E-state index in [4.69, 9.17) is 4.74 Å². The summed E-state index contributed by atoms with van der Waals surface area (Å²) in [6, 6.07) is 0. The molecule has 0 aromatic heterocycles. The van der Waals surface area contributed by atoms with Crippen LogP contribution < -0.4 is 16.0 Å². The minimum absolute atomic E-state index is 0.192. The number of ether oxygens (including phenoxy) is 1. The van der Waals surface area contributed by atoms with Crippen molar-refractivity contribution in [1.82, 2.24) is 16.0 Å². The first-order valence-electron chi connectivity index (χ1n) is 8.40. The smallest absolute Gasteiger partial charge is 0.223 e. The number of hydrogen-bond acceptors (Lipinski definition) is 3. The van der Waals surface area contributed by atoms with Crippen LogP contribution in [0.5, 0.6) is 0 Å². The SMILES string of the molecule is CN=C(NCCNC(=O)C1CC1)NCC1(CCOC)CCC1. The molecule has 2 rings (SSSR count). The largest absolute Gasteiger partial charge is 0.385 e. The molecule has 0 atom stereocenters. The van der Waals surface area contributed by atoms with Gasteiger partial charge in [-0.05, 0) is 37.5 Å². The van der Waals surface area contributed by atoms with Crippen molar-refractivity contribution in [2.45, 2.75) is 38.5 Å². The van der Waals surface area contributed by atoms with Gasteiger partial charge in [-0.25, -0.2) is 0 Å². The summed E-state index contributed by atoms with van der Waals surface area (Å²) in [7, 11) is 3.54. The Balaban J connectivity index is 1.60. The summed E-state index contributed by atoms with van der Waals surface area (Å²) in [6.45, 7) is 3.10. The molecule has 1 amide bonds. The number of amides is 1. The molecule has 3 N–H and O–H groups in total. The number of carbonyl (C=O) groups is 1. The number of nitrogens with one attached hydrogen (secondary N) is 3. The molecule has 0 aromatic rings. The maximum Gasteiger partial charge on any atom is 0.223 e. The first-order valence-corrected chi connectivity index (χ1v) is 8.40. The summed E-state index contributed by atoms with van der Waals surface area (Å²) in [5.74, 6) is 1.28. The molecule has 2 fully saturated rings. The van der Waals surface area contributed by atoms with Gasteiger partial charge in [-0.2, -0.15) is 0 Å². The monoisotopic (exact) mass is 310 g/mol. The Labute approximate surface area is 133 Å². The quantitative estimate of drug-likeness (QED) is 0.336. The van der Waals surface area contributed by atoms with E-state index in [1.54, 1.807) is 14.2 Å². The van der Waals surface area contributed by atoms with Crippen LogP contribution in [-0.2, 0) is 9.53 Å². The molecule has 126 valence electrons. The molecule has 2 aliphatic carbocycles. The molecule has 0 heterocycles. The second-order valence-electron chi connectivity index (χ2n) is 6.51. The first-order chi connectivity index (χ1) is 10.7. The predicted molar refractivity (Wildman–Crippen MR) is 87.9 cm³/mol. The lowest BCUT2D eigenvalue weighted by Gasteiger charge is -2.42. The molecule has 22 heavy (non-hydrogen) atoms. The van der Waals surface area contributed by atoms with E-state index in [9.17, 15) is 4.79 Å². The van der Waals surface area contributed by atoms with Crippen molar-refractivity contribution in [1.29, 1.82) is 0 Å². The van der Waals surface area contributed by atoms with Crippen molar-refractivity contribution >= 4 is 11.9 Å². The van der Waals surface area contributed by atoms with Gasteiger partial charge in [0.05, 0.1) is 0 Å². The number of nitrogens with zero attached hydrogens (tertiary/aromatic N) is 1. The summed E-state index contributed by atoms with van der Waals surface area (Å²) in [4.78, 5) is 15.8. The Morgan fingerprint density at radius 2 is 1.95 bits per heavy atom. The number of rotatable bonds is 9. The lowest BCUT2D eigenvalue weighted by atomic mass is 9.67. The van der Waals surface area contributed by atoms with E-state index in [1.165, 1.54) is 19.3 Å².